The zero-order chi connectivity index (χ0) is 25.9. The molecular weight excluding hydrogens is 511 g/mol. The van der Waals surface area contributed by atoms with Gasteiger partial charge in [-0.15, -0.1) is 11.8 Å². The number of hydrogen-bond acceptors (Lipinski definition) is 3. The summed E-state index contributed by atoms with van der Waals surface area (Å²) < 4.78 is 0. The molecule has 190 valence electrons. The van der Waals surface area contributed by atoms with Crippen LogP contribution in [0.3, 0.4) is 0 Å². The van der Waals surface area contributed by atoms with Gasteiger partial charge in [-0.1, -0.05) is 90.8 Å². The third kappa shape index (κ3) is 8.02. The molecule has 2 amide bonds. The van der Waals surface area contributed by atoms with Gasteiger partial charge in [0, 0.05) is 35.3 Å². The number of rotatable bonds is 12. The Kier molecular flexibility index (Phi) is 11.2. The summed E-state index contributed by atoms with van der Waals surface area (Å²) in [6.45, 7) is 4.96. The van der Waals surface area contributed by atoms with E-state index in [0.29, 0.717) is 35.3 Å². The third-order valence-electron chi connectivity index (χ3n) is 5.96. The minimum Gasteiger partial charge on any atom is -0.354 e. The molecule has 0 saturated carbocycles. The van der Waals surface area contributed by atoms with E-state index in [1.165, 1.54) is 11.8 Å². The molecule has 0 spiro atoms. The normalized spacial score (nSPS) is 11.7. The topological polar surface area (TPSA) is 49.4 Å². The Hall–Kier alpha value is -2.47. The van der Waals surface area contributed by atoms with E-state index < -0.39 is 6.04 Å². The minimum absolute atomic E-state index is 0.0981. The van der Waals surface area contributed by atoms with Gasteiger partial charge in [0.05, 0.1) is 5.75 Å². The Labute approximate surface area is 228 Å². The molecule has 0 saturated heterocycles. The summed E-state index contributed by atoms with van der Waals surface area (Å²) in [6, 6.07) is 22.6. The second-order valence-electron chi connectivity index (χ2n) is 8.64. The summed E-state index contributed by atoms with van der Waals surface area (Å²) in [5.41, 5.74) is 3.92. The molecule has 0 fully saturated rings. The number of thioether (sulfide) groups is 1. The van der Waals surface area contributed by atoms with Gasteiger partial charge in [0.2, 0.25) is 11.8 Å². The van der Waals surface area contributed by atoms with E-state index in [9.17, 15) is 9.59 Å². The maximum atomic E-state index is 13.7. The molecule has 4 nitrogen and oxygen atoms in total. The van der Waals surface area contributed by atoms with Crippen LogP contribution in [0.1, 0.15) is 35.6 Å². The molecule has 0 aliphatic heterocycles. The van der Waals surface area contributed by atoms with Crippen LogP contribution in [0.2, 0.25) is 10.0 Å². The number of amides is 2. The molecule has 0 unspecified atom stereocenters. The van der Waals surface area contributed by atoms with Crippen molar-refractivity contribution in [3.05, 3.63) is 105 Å². The molecule has 3 aromatic rings. The van der Waals surface area contributed by atoms with E-state index in [4.69, 9.17) is 23.2 Å². The van der Waals surface area contributed by atoms with Gasteiger partial charge in [-0.2, -0.15) is 0 Å². The molecule has 0 radical (unpaired) electrons. The molecule has 0 aliphatic carbocycles. The molecule has 1 N–H and O–H groups in total. The van der Waals surface area contributed by atoms with Crippen LogP contribution in [-0.2, 0) is 28.3 Å². The smallest absolute Gasteiger partial charge is 0.243 e. The first kappa shape index (κ1) is 28.1. The van der Waals surface area contributed by atoms with Crippen molar-refractivity contribution in [2.24, 2.45) is 0 Å². The number of aryl methyl sites for hydroxylation is 1. The zero-order valence-corrected chi connectivity index (χ0v) is 23.0. The summed E-state index contributed by atoms with van der Waals surface area (Å²) in [7, 11) is 0. The van der Waals surface area contributed by atoms with Crippen molar-refractivity contribution in [2.45, 2.75) is 45.0 Å². The lowest BCUT2D eigenvalue weighted by molar-refractivity contribution is -0.139. The van der Waals surface area contributed by atoms with Gasteiger partial charge < -0.3 is 10.2 Å². The third-order valence-corrected chi connectivity index (χ3v) is 7.61. The van der Waals surface area contributed by atoms with Crippen molar-refractivity contribution in [3.63, 3.8) is 0 Å². The number of halogens is 2. The lowest BCUT2D eigenvalue weighted by atomic mass is 10.0. The number of nitrogens with zero attached hydrogens (tertiary/aromatic N) is 1. The van der Waals surface area contributed by atoms with Crippen LogP contribution in [-0.4, -0.2) is 35.1 Å². The van der Waals surface area contributed by atoms with Crippen LogP contribution in [0.4, 0.5) is 0 Å². The second-order valence-corrected chi connectivity index (χ2v) is 10.4. The van der Waals surface area contributed by atoms with Crippen LogP contribution in [0, 0.1) is 6.92 Å². The molecule has 0 bridgehead atoms. The van der Waals surface area contributed by atoms with E-state index in [1.54, 1.807) is 23.1 Å². The number of nitrogens with one attached hydrogen (secondary N) is 1. The van der Waals surface area contributed by atoms with Gasteiger partial charge in [-0.25, -0.2) is 0 Å². The molecule has 0 aliphatic rings. The van der Waals surface area contributed by atoms with Crippen molar-refractivity contribution < 1.29 is 9.59 Å². The van der Waals surface area contributed by atoms with Gasteiger partial charge in [0.1, 0.15) is 6.04 Å². The van der Waals surface area contributed by atoms with Crippen LogP contribution >= 0.6 is 35.0 Å². The average Bonchev–Trinajstić information content (AvgIpc) is 2.88. The summed E-state index contributed by atoms with van der Waals surface area (Å²) in [6.07, 6.45) is 1.26. The van der Waals surface area contributed by atoms with E-state index in [0.717, 1.165) is 28.7 Å². The van der Waals surface area contributed by atoms with Crippen LogP contribution in [0.5, 0.6) is 0 Å². The zero-order valence-electron chi connectivity index (χ0n) is 20.7. The van der Waals surface area contributed by atoms with E-state index >= 15 is 0 Å². The molecule has 1 atom stereocenters. The van der Waals surface area contributed by atoms with Crippen LogP contribution in [0.25, 0.3) is 0 Å². The van der Waals surface area contributed by atoms with Crippen molar-refractivity contribution in [1.82, 2.24) is 10.2 Å². The Morgan fingerprint density at radius 2 is 1.61 bits per heavy atom. The summed E-state index contributed by atoms with van der Waals surface area (Å²) >= 11 is 14.1. The van der Waals surface area contributed by atoms with Gasteiger partial charge in [-0.05, 0) is 47.7 Å². The van der Waals surface area contributed by atoms with Gasteiger partial charge in [0.15, 0.2) is 0 Å². The Morgan fingerprint density at radius 3 is 2.28 bits per heavy atom. The highest BCUT2D eigenvalue weighted by Gasteiger charge is 2.30. The summed E-state index contributed by atoms with van der Waals surface area (Å²) in [5.74, 6) is 0.481. The summed E-state index contributed by atoms with van der Waals surface area (Å²) in [4.78, 5) is 28.8. The fourth-order valence-electron chi connectivity index (χ4n) is 3.88. The van der Waals surface area contributed by atoms with Crippen molar-refractivity contribution in [2.75, 3.05) is 12.3 Å². The number of carbonyl (C=O) groups excluding carboxylic acids is 2. The standard InChI is InChI=1S/C29H32Cl2N2O2S/c1-3-16-32-29(35)27(17-22-11-5-4-6-12-22)33(18-23-13-8-7-10-21(23)2)28(34)20-36-19-24-25(30)14-9-15-26(24)31/h4-15,27H,3,16-20H2,1-2H3,(H,32,35)/t27-/m0/s1. The van der Waals surface area contributed by atoms with E-state index in [1.807, 2.05) is 68.4 Å². The van der Waals surface area contributed by atoms with Gasteiger partial charge >= 0.3 is 0 Å². The van der Waals surface area contributed by atoms with Crippen LogP contribution in [0.15, 0.2) is 72.8 Å². The molecule has 36 heavy (non-hydrogen) atoms. The SMILES string of the molecule is CCCNC(=O)[C@H](Cc1ccccc1)N(Cc1ccccc1C)C(=O)CSCc1c(Cl)cccc1Cl. The predicted molar refractivity (Wildman–Crippen MR) is 152 cm³/mol. The molecule has 0 aromatic heterocycles. The van der Waals surface area contributed by atoms with Gasteiger partial charge in [-0.3, -0.25) is 9.59 Å². The highest BCUT2D eigenvalue weighted by Crippen LogP contribution is 2.28. The maximum absolute atomic E-state index is 13.7. The first-order valence-corrected chi connectivity index (χ1v) is 14.0. The first-order valence-electron chi connectivity index (χ1n) is 12.1. The molecular formula is C29H32Cl2N2O2S. The van der Waals surface area contributed by atoms with E-state index in [-0.39, 0.29) is 17.6 Å². The van der Waals surface area contributed by atoms with Crippen molar-refractivity contribution in [3.8, 4) is 0 Å². The highest BCUT2D eigenvalue weighted by atomic mass is 35.5. The predicted octanol–water partition coefficient (Wildman–Crippen LogP) is 6.70. The van der Waals surface area contributed by atoms with Crippen molar-refractivity contribution in [1.29, 1.82) is 0 Å². The Bertz CT molecular complexity index is 1140. The lowest BCUT2D eigenvalue weighted by Crippen LogP contribution is -2.51. The number of benzene rings is 3. The maximum Gasteiger partial charge on any atom is 0.243 e. The molecule has 3 rings (SSSR count). The largest absolute Gasteiger partial charge is 0.354 e. The fraction of sp³-hybridized carbons (Fsp3) is 0.310. The minimum atomic E-state index is -0.629. The number of carbonyl (C=O) groups is 2. The summed E-state index contributed by atoms with van der Waals surface area (Å²) in [5, 5.41) is 4.18. The first-order chi connectivity index (χ1) is 17.4. The molecule has 0 heterocycles. The van der Waals surface area contributed by atoms with Crippen LogP contribution < -0.4 is 5.32 Å². The number of hydrogen-bond donors (Lipinski definition) is 1. The Balaban J connectivity index is 1.86. The molecule has 7 heteroatoms. The fourth-order valence-corrected chi connectivity index (χ4v) is 5.53. The quantitative estimate of drug-likeness (QED) is 0.277. The van der Waals surface area contributed by atoms with E-state index in [2.05, 4.69) is 5.32 Å². The average molecular weight is 544 g/mol. The lowest BCUT2D eigenvalue weighted by Gasteiger charge is -2.32. The second kappa shape index (κ2) is 14.3. The van der Waals surface area contributed by atoms with Gasteiger partial charge in [0.25, 0.3) is 0 Å². The molecule has 3 aromatic carbocycles. The monoisotopic (exact) mass is 542 g/mol. The Morgan fingerprint density at radius 1 is 0.944 bits per heavy atom. The highest BCUT2D eigenvalue weighted by molar-refractivity contribution is 7.99. The van der Waals surface area contributed by atoms with Crippen molar-refractivity contribution >= 4 is 46.8 Å².